The van der Waals surface area contributed by atoms with E-state index in [9.17, 15) is 18.0 Å². The highest BCUT2D eigenvalue weighted by Gasteiger charge is 2.27. The molecular weight excluding hydrogens is 407 g/mol. The summed E-state index contributed by atoms with van der Waals surface area (Å²) in [4.78, 5) is 12.8. The third-order valence-corrected chi connectivity index (χ3v) is 4.93. The highest BCUT2D eigenvalue weighted by molar-refractivity contribution is 6.05. The summed E-state index contributed by atoms with van der Waals surface area (Å²) < 4.78 is 43.3. The van der Waals surface area contributed by atoms with Crippen LogP contribution in [-0.2, 0) is 17.9 Å². The minimum absolute atomic E-state index is 0.229. The van der Waals surface area contributed by atoms with Crippen molar-refractivity contribution in [3.63, 3.8) is 0 Å². The van der Waals surface area contributed by atoms with Gasteiger partial charge < -0.3 is 10.1 Å². The molecule has 0 spiro atoms. The van der Waals surface area contributed by atoms with Gasteiger partial charge in [-0.05, 0) is 49.6 Å². The number of hydrogen-bond donors (Lipinski definition) is 1. The first-order chi connectivity index (χ1) is 14.6. The van der Waals surface area contributed by atoms with Crippen molar-refractivity contribution >= 4 is 11.6 Å². The van der Waals surface area contributed by atoms with E-state index in [1.807, 2.05) is 49.7 Å². The number of nitrogens with one attached hydrogen (secondary N) is 1. The van der Waals surface area contributed by atoms with Gasteiger partial charge >= 0.3 is 6.18 Å². The monoisotopic (exact) mass is 431 g/mol. The maximum atomic E-state index is 12.8. The molecule has 0 unspecified atom stereocenters. The normalized spacial score (nSPS) is 11.5. The molecule has 8 heteroatoms. The molecule has 0 saturated carbocycles. The zero-order valence-corrected chi connectivity index (χ0v) is 17.6. The maximum Gasteiger partial charge on any atom is 0.411 e. The van der Waals surface area contributed by atoms with Crippen LogP contribution in [0.3, 0.4) is 0 Å². The smallest absolute Gasteiger partial charge is 0.367 e. The van der Waals surface area contributed by atoms with Crippen molar-refractivity contribution in [2.75, 3.05) is 11.9 Å². The number of alkyl halides is 3. The van der Waals surface area contributed by atoms with Crippen LogP contribution in [0.4, 0.5) is 18.9 Å². The van der Waals surface area contributed by atoms with Crippen LogP contribution >= 0.6 is 0 Å². The number of aryl methyl sites for hydroxylation is 2. The second-order valence-corrected chi connectivity index (χ2v) is 7.39. The van der Waals surface area contributed by atoms with Gasteiger partial charge in [-0.2, -0.15) is 18.3 Å². The molecule has 1 aromatic heterocycles. The van der Waals surface area contributed by atoms with Gasteiger partial charge in [0.1, 0.15) is 6.61 Å². The zero-order valence-electron chi connectivity index (χ0n) is 17.6. The highest BCUT2D eigenvalue weighted by Crippen LogP contribution is 2.22. The van der Waals surface area contributed by atoms with Crippen molar-refractivity contribution in [1.82, 2.24) is 9.78 Å². The molecule has 5 nitrogen and oxygen atoms in total. The Morgan fingerprint density at radius 1 is 1.10 bits per heavy atom. The van der Waals surface area contributed by atoms with E-state index in [2.05, 4.69) is 15.2 Å². The molecule has 0 aliphatic heterocycles. The summed E-state index contributed by atoms with van der Waals surface area (Å²) in [6.07, 6.45) is -4.39. The molecule has 0 radical (unpaired) electrons. The number of rotatable bonds is 7. The lowest BCUT2D eigenvalue weighted by Gasteiger charge is -2.10. The quantitative estimate of drug-likeness (QED) is 0.560. The van der Waals surface area contributed by atoms with Crippen LogP contribution in [0.2, 0.25) is 0 Å². The first kappa shape index (κ1) is 22.6. The Labute approximate surface area is 178 Å². The van der Waals surface area contributed by atoms with Crippen molar-refractivity contribution in [2.24, 2.45) is 0 Å². The zero-order chi connectivity index (χ0) is 22.6. The van der Waals surface area contributed by atoms with Gasteiger partial charge in [-0.25, -0.2) is 0 Å². The molecule has 2 aromatic carbocycles. The van der Waals surface area contributed by atoms with Crippen LogP contribution in [0.5, 0.6) is 0 Å². The van der Waals surface area contributed by atoms with Gasteiger partial charge in [-0.15, -0.1) is 0 Å². The van der Waals surface area contributed by atoms with E-state index in [1.165, 1.54) is 6.07 Å². The lowest BCUT2D eigenvalue weighted by molar-refractivity contribution is -0.176. The Morgan fingerprint density at radius 3 is 2.55 bits per heavy atom. The summed E-state index contributed by atoms with van der Waals surface area (Å²) in [5.74, 6) is -0.362. The molecule has 1 heterocycles. The Morgan fingerprint density at radius 2 is 1.84 bits per heavy atom. The number of hydrogen-bond acceptors (Lipinski definition) is 3. The Hall–Kier alpha value is -3.13. The molecule has 0 fully saturated rings. The average Bonchev–Trinajstić information content (AvgIpc) is 2.96. The molecule has 0 saturated heterocycles. The Balaban J connectivity index is 1.71. The van der Waals surface area contributed by atoms with E-state index in [1.54, 1.807) is 18.2 Å². The van der Waals surface area contributed by atoms with Gasteiger partial charge in [-0.3, -0.25) is 9.48 Å². The minimum Gasteiger partial charge on any atom is -0.367 e. The van der Waals surface area contributed by atoms with Crippen molar-refractivity contribution < 1.29 is 22.7 Å². The van der Waals surface area contributed by atoms with E-state index >= 15 is 0 Å². The molecule has 3 rings (SSSR count). The first-order valence-electron chi connectivity index (χ1n) is 9.77. The number of anilines is 1. The maximum absolute atomic E-state index is 12.8. The summed E-state index contributed by atoms with van der Waals surface area (Å²) in [5.41, 5.74) is 5.24. The predicted molar refractivity (Wildman–Crippen MR) is 112 cm³/mol. The molecule has 0 atom stereocenters. The molecule has 3 aromatic rings. The van der Waals surface area contributed by atoms with E-state index in [4.69, 9.17) is 0 Å². The fourth-order valence-electron chi connectivity index (χ4n) is 3.25. The van der Waals surface area contributed by atoms with Gasteiger partial charge in [0.05, 0.1) is 30.2 Å². The summed E-state index contributed by atoms with van der Waals surface area (Å²) >= 11 is 0. The largest absolute Gasteiger partial charge is 0.411 e. The number of halogens is 3. The van der Waals surface area contributed by atoms with Crippen molar-refractivity contribution in [1.29, 1.82) is 0 Å². The molecule has 1 N–H and O–H groups in total. The number of benzene rings is 2. The fourth-order valence-corrected chi connectivity index (χ4v) is 3.25. The van der Waals surface area contributed by atoms with Crippen molar-refractivity contribution in [3.8, 4) is 0 Å². The van der Waals surface area contributed by atoms with Gasteiger partial charge in [0.15, 0.2) is 0 Å². The summed E-state index contributed by atoms with van der Waals surface area (Å²) in [7, 11) is 0. The summed E-state index contributed by atoms with van der Waals surface area (Å²) in [6.45, 7) is 4.76. The van der Waals surface area contributed by atoms with Crippen LogP contribution in [0.25, 0.3) is 0 Å². The van der Waals surface area contributed by atoms with E-state index in [0.717, 1.165) is 16.8 Å². The molecular formula is C23H24F3N3O2. The first-order valence-corrected chi connectivity index (χ1v) is 9.77. The van der Waals surface area contributed by atoms with E-state index in [0.29, 0.717) is 29.1 Å². The highest BCUT2D eigenvalue weighted by atomic mass is 19.4. The number of amides is 1. The average molecular weight is 431 g/mol. The predicted octanol–water partition coefficient (Wildman–Crippen LogP) is 5.19. The minimum atomic E-state index is -4.39. The summed E-state index contributed by atoms with van der Waals surface area (Å²) in [5, 5.41) is 7.43. The van der Waals surface area contributed by atoms with Gasteiger partial charge in [-0.1, -0.05) is 36.4 Å². The Kier molecular flexibility index (Phi) is 6.80. The van der Waals surface area contributed by atoms with Gasteiger partial charge in [0.25, 0.3) is 5.91 Å². The second kappa shape index (κ2) is 9.34. The van der Waals surface area contributed by atoms with E-state index in [-0.39, 0.29) is 12.5 Å². The fraction of sp³-hybridized carbons (Fsp3) is 0.304. The van der Waals surface area contributed by atoms with Crippen LogP contribution in [-0.4, -0.2) is 28.5 Å². The van der Waals surface area contributed by atoms with Crippen LogP contribution in [0.15, 0.2) is 48.5 Å². The van der Waals surface area contributed by atoms with Gasteiger partial charge in [0.2, 0.25) is 0 Å². The molecule has 0 bridgehead atoms. The summed E-state index contributed by atoms with van der Waals surface area (Å²) in [6, 6.07) is 14.4. The lowest BCUT2D eigenvalue weighted by Crippen LogP contribution is -2.17. The van der Waals surface area contributed by atoms with Crippen molar-refractivity contribution in [2.45, 2.75) is 40.1 Å². The topological polar surface area (TPSA) is 56.2 Å². The SMILES string of the molecule is Cc1ccccc1Cn1nc(C)c(NC(=O)c2cccc(COCC(F)(F)F)c2)c1C. The van der Waals surface area contributed by atoms with E-state index < -0.39 is 12.8 Å². The van der Waals surface area contributed by atoms with Gasteiger partial charge in [0, 0.05) is 5.56 Å². The standard InChI is InChI=1S/C23H24F3N3O2/c1-15-7-4-5-9-20(15)12-29-17(3)21(16(2)28-29)27-22(30)19-10-6-8-18(11-19)13-31-14-23(24,25)26/h4-11H,12-14H2,1-3H3,(H,27,30). The third-order valence-electron chi connectivity index (χ3n) is 4.93. The second-order valence-electron chi connectivity index (χ2n) is 7.39. The van der Waals surface area contributed by atoms with Crippen LogP contribution < -0.4 is 5.32 Å². The number of carbonyl (C=O) groups is 1. The number of aromatic nitrogens is 2. The number of nitrogens with zero attached hydrogens (tertiary/aromatic N) is 2. The van der Waals surface area contributed by atoms with Crippen LogP contribution in [0.1, 0.15) is 38.4 Å². The molecule has 164 valence electrons. The molecule has 0 aliphatic carbocycles. The third kappa shape index (κ3) is 5.95. The lowest BCUT2D eigenvalue weighted by atomic mass is 10.1. The number of carbonyl (C=O) groups excluding carboxylic acids is 1. The molecule has 1 amide bonds. The number of ether oxygens (including phenoxy) is 1. The molecule has 31 heavy (non-hydrogen) atoms. The van der Waals surface area contributed by atoms with Crippen LogP contribution in [0, 0.1) is 20.8 Å². The van der Waals surface area contributed by atoms with Crippen molar-refractivity contribution in [3.05, 3.63) is 82.2 Å². The Bertz CT molecular complexity index is 1070. The molecule has 0 aliphatic rings.